The predicted molar refractivity (Wildman–Crippen MR) is 32.5 cm³/mol. The maximum absolute atomic E-state index is 13.1. The van der Waals surface area contributed by atoms with Crippen LogP contribution < -0.4 is 0 Å². The number of ether oxygens (including phenoxy) is 2. The molecule has 1 aliphatic heterocycles. The minimum absolute atomic E-state index is 0.0237. The third kappa shape index (κ3) is 1.65. The molecule has 13 heavy (non-hydrogen) atoms. The van der Waals surface area contributed by atoms with E-state index in [-0.39, 0.29) is 13.2 Å². The zero-order valence-electron chi connectivity index (χ0n) is 6.56. The van der Waals surface area contributed by atoms with Gasteiger partial charge in [0.25, 0.3) is 0 Å². The first-order chi connectivity index (χ1) is 5.87. The first kappa shape index (κ1) is 9.60. The van der Waals surface area contributed by atoms with Crippen molar-refractivity contribution in [1.82, 2.24) is 0 Å². The van der Waals surface area contributed by atoms with Crippen molar-refractivity contribution in [3.8, 4) is 0 Å². The first-order valence-electron chi connectivity index (χ1n) is 3.31. The Hall–Kier alpha value is -1.49. The molecular formula is C6H7CfF4O2. The molecule has 1 aliphatic rings. The van der Waals surface area contributed by atoms with Crippen LogP contribution in [0.4, 0.5) is 17.6 Å². The molecule has 0 aromatic heterocycles. The van der Waals surface area contributed by atoms with Crippen molar-refractivity contribution in [2.24, 2.45) is 0 Å². The standard InChI is InChI=1S/C5H7F2O2.CF2.Cf/c1-5(4(6)7)8-2-3-9-5;2-1-3;/h2-3H2,1H3;;. The Labute approximate surface area is 67.5 Å². The number of rotatable bonds is 2. The molecule has 1 fully saturated rings. The fourth-order valence-corrected chi connectivity index (χ4v) is 2.42. The van der Waals surface area contributed by atoms with Crippen molar-refractivity contribution < 1.29 is 27.0 Å². The zero-order chi connectivity index (χ0) is 10.1. The molecule has 0 aromatic rings. The molecule has 0 saturated carbocycles. The van der Waals surface area contributed by atoms with Gasteiger partial charge >= 0.3 is 66.3 Å². The van der Waals surface area contributed by atoms with Gasteiger partial charge in [0.05, 0.1) is 0 Å². The average molecular weight is 438 g/mol. The summed E-state index contributed by atoms with van der Waals surface area (Å²) >= 11 is 0. The Kier molecular flexibility index (Phi) is 2.05. The van der Waals surface area contributed by atoms with Crippen molar-refractivity contribution in [3.63, 3.8) is 0 Å². The topological polar surface area (TPSA) is 18.5 Å². The van der Waals surface area contributed by atoms with Gasteiger partial charge in [-0.3, -0.25) is 0 Å². The number of hydrogen-bond donors (Lipinski definition) is 0. The van der Waals surface area contributed by atoms with Gasteiger partial charge in [0.1, 0.15) is 0 Å². The van der Waals surface area contributed by atoms with Crippen LogP contribution >= 0.6 is 0 Å². The normalized spacial score (nSPS) is 21.3. The molecule has 0 atom stereocenters. The van der Waals surface area contributed by atoms with Crippen LogP contribution in [-0.2, 0) is 9.47 Å². The van der Waals surface area contributed by atoms with Crippen LogP contribution in [0.15, 0.2) is 0 Å². The maximum atomic E-state index is 13.1. The monoisotopic (exact) mass is 436 g/mol. The van der Waals surface area contributed by atoms with E-state index in [1.54, 1.807) is 0 Å². The van der Waals surface area contributed by atoms with Crippen molar-refractivity contribution >= 4 is 6.93 Å². The summed E-state index contributed by atoms with van der Waals surface area (Å²) in [6.07, 6.45) is -3.54. The van der Waals surface area contributed by atoms with E-state index in [1.807, 2.05) is 0 Å². The van der Waals surface area contributed by atoms with Gasteiger partial charge in [0.2, 0.25) is 0 Å². The zero-order valence-corrected chi connectivity index (χ0v) is 9.19. The summed E-state index contributed by atoms with van der Waals surface area (Å²) in [5, 5.41) is 0. The van der Waals surface area contributed by atoms with Gasteiger partial charge in [-0.1, -0.05) is 0 Å². The van der Waals surface area contributed by atoms with Crippen LogP contribution in [0.2, 0.25) is 0 Å². The molecule has 0 amide bonds. The SMILES string of the molecule is CC1([C](F)(F)[Cf]=[C](F)F)OCCO1. The third-order valence-corrected chi connectivity index (χ3v) is 4.00. The van der Waals surface area contributed by atoms with Crippen LogP contribution in [0.25, 0.3) is 0 Å². The van der Waals surface area contributed by atoms with Crippen molar-refractivity contribution in [3.05, 3.63) is 0 Å². The van der Waals surface area contributed by atoms with Crippen LogP contribution in [0.1, 0.15) is 6.92 Å². The van der Waals surface area contributed by atoms with Gasteiger partial charge in [-0.05, 0) is 0 Å². The second-order valence-electron chi connectivity index (χ2n) is 2.37. The Balaban J connectivity index is 2.84. The molecule has 1 rings (SSSR count). The minimum atomic E-state index is -3.54. The summed E-state index contributed by atoms with van der Waals surface area (Å²) in [4.78, 5) is 0. The molecule has 0 aromatic carbocycles. The molecule has 0 N–H and O–H groups in total. The van der Waals surface area contributed by atoms with Gasteiger partial charge in [-0.25, -0.2) is 0 Å². The molecule has 0 aliphatic carbocycles. The van der Waals surface area contributed by atoms with E-state index in [1.165, 1.54) is 0 Å². The Morgan fingerprint density at radius 2 is 1.77 bits per heavy atom. The van der Waals surface area contributed by atoms with Crippen LogP contribution in [0.3, 0.4) is 0 Å². The molecule has 81 valence electrons. The summed E-state index contributed by atoms with van der Waals surface area (Å²) < 4.78 is 55.9. The molecule has 1 saturated heterocycles. The Bertz CT molecular complexity index is 221. The van der Waals surface area contributed by atoms with E-state index in [0.717, 1.165) is 6.92 Å². The molecule has 1 heterocycles. The second-order valence-corrected chi connectivity index (χ2v) is 5.68. The van der Waals surface area contributed by atoms with E-state index in [0.29, 0.717) is 0 Å². The predicted octanol–water partition coefficient (Wildman–Crippen LogP) is 1.45. The number of alkyl halides is 2. The van der Waals surface area contributed by atoms with E-state index in [2.05, 4.69) is 9.47 Å². The Morgan fingerprint density at radius 3 is 2.15 bits per heavy atom. The van der Waals surface area contributed by atoms with Gasteiger partial charge in [-0.2, -0.15) is 0 Å². The van der Waals surface area contributed by atoms with E-state index >= 15 is 0 Å². The first-order valence-corrected chi connectivity index (χ1v) is 5.94. The summed E-state index contributed by atoms with van der Waals surface area (Å²) in [6.45, 7) is -1.13. The van der Waals surface area contributed by atoms with Crippen molar-refractivity contribution in [1.29, 1.82) is 0 Å². The molecule has 0 spiro atoms. The molecule has 7 heteroatoms. The molecule has 0 radical (unpaired) electrons. The summed E-state index contributed by atoms with van der Waals surface area (Å²) in [6, 6.07) is 0. The average Bonchev–Trinajstić information content (AvgIpc) is 2.34. The van der Waals surface area contributed by atoms with E-state index in [9.17, 15) is 17.6 Å². The van der Waals surface area contributed by atoms with Gasteiger partial charge in [-0.15, -0.1) is 0 Å². The summed E-state index contributed by atoms with van der Waals surface area (Å²) in [5.41, 5.74) is 0. The number of hydrogen-bond acceptors (Lipinski definition) is 2. The van der Waals surface area contributed by atoms with Gasteiger partial charge in [0.15, 0.2) is 0 Å². The van der Waals surface area contributed by atoms with Gasteiger partial charge in [0, 0.05) is 0 Å². The van der Waals surface area contributed by atoms with Crippen LogP contribution in [0, 0.1) is 0 Å². The quantitative estimate of drug-likeness (QED) is 0.609. The van der Waals surface area contributed by atoms with Crippen molar-refractivity contribution in [2.75, 3.05) is 13.2 Å². The summed E-state index contributed by atoms with van der Waals surface area (Å²) in [7, 11) is 0. The van der Waals surface area contributed by atoms with E-state index < -0.39 is 19.1 Å². The van der Waals surface area contributed by atoms with Crippen LogP contribution in [-0.4, -0.2) is 32.4 Å². The second kappa shape index (κ2) is 2.77. The van der Waals surface area contributed by atoms with Crippen molar-refractivity contribution in [2.45, 2.75) is 19.1 Å². The Morgan fingerprint density at radius 1 is 1.31 bits per heavy atom. The molecule has 2 nitrogen and oxygen atoms in total. The van der Waals surface area contributed by atoms with E-state index in [4.69, 9.17) is 0 Å². The van der Waals surface area contributed by atoms with Gasteiger partial charge < -0.3 is 0 Å². The molecule has 0 unspecified atom stereocenters. The van der Waals surface area contributed by atoms with Crippen LogP contribution in [0.5, 0.6) is 0 Å². The summed E-state index contributed by atoms with van der Waals surface area (Å²) in [5.74, 6) is -2.15. The third-order valence-electron chi connectivity index (χ3n) is 1.48. The fraction of sp³-hybridized carbons (Fsp3) is 0.833. The molecular weight excluding hydrogens is 431 g/mol. The number of halogens is 4. The fourth-order valence-electron chi connectivity index (χ4n) is 0.816. The molecule has 0 bridgehead atoms.